The van der Waals surface area contributed by atoms with Gasteiger partial charge in [-0.1, -0.05) is 23.7 Å². The van der Waals surface area contributed by atoms with E-state index in [2.05, 4.69) is 5.10 Å². The molecular formula is C20H21ClN2O5. The molecule has 28 heavy (non-hydrogen) atoms. The number of hydrogen-bond donors (Lipinski definition) is 0. The minimum absolute atomic E-state index is 0.393. The van der Waals surface area contributed by atoms with Crippen LogP contribution >= 0.6 is 11.6 Å². The highest BCUT2D eigenvalue weighted by Crippen LogP contribution is 2.43. The summed E-state index contributed by atoms with van der Waals surface area (Å²) < 4.78 is 21.2. The van der Waals surface area contributed by atoms with Crippen molar-refractivity contribution in [1.29, 1.82) is 0 Å². The minimum atomic E-state index is -0.559. The molecule has 1 atom stereocenters. The van der Waals surface area contributed by atoms with Crippen molar-refractivity contribution in [3.63, 3.8) is 0 Å². The number of halogens is 1. The number of carbonyl (C=O) groups is 1. The van der Waals surface area contributed by atoms with E-state index >= 15 is 0 Å². The van der Waals surface area contributed by atoms with Gasteiger partial charge in [-0.2, -0.15) is 10.1 Å². The highest BCUT2D eigenvalue weighted by Gasteiger charge is 2.35. The van der Waals surface area contributed by atoms with Gasteiger partial charge in [0.1, 0.15) is 0 Å². The zero-order valence-corrected chi connectivity index (χ0v) is 16.8. The Balaban J connectivity index is 2.04. The third-order valence-electron chi connectivity index (χ3n) is 4.50. The average Bonchev–Trinajstić information content (AvgIpc) is 3.17. The lowest BCUT2D eigenvalue weighted by molar-refractivity contribution is 0.113. The van der Waals surface area contributed by atoms with E-state index in [4.69, 9.17) is 30.5 Å². The molecule has 0 aliphatic carbocycles. The van der Waals surface area contributed by atoms with E-state index in [0.29, 0.717) is 28.7 Å². The summed E-state index contributed by atoms with van der Waals surface area (Å²) in [6.45, 7) is 0. The molecule has 0 spiro atoms. The van der Waals surface area contributed by atoms with Crippen LogP contribution in [0.1, 0.15) is 23.6 Å². The first-order valence-corrected chi connectivity index (χ1v) is 8.90. The van der Waals surface area contributed by atoms with Gasteiger partial charge >= 0.3 is 6.09 Å². The van der Waals surface area contributed by atoms with Crippen molar-refractivity contribution in [3.8, 4) is 17.2 Å². The lowest BCUT2D eigenvalue weighted by atomic mass is 9.98. The number of nitrogens with zero attached hydrogens (tertiary/aromatic N) is 2. The molecule has 0 bridgehead atoms. The SMILES string of the molecule is COC(=O)N1N=C(c2cccc(Cl)c2)CC1c1cc(OC)c(OC)c(OC)c1. The lowest BCUT2D eigenvalue weighted by Gasteiger charge is -2.22. The number of hydrazone groups is 1. The smallest absolute Gasteiger partial charge is 0.430 e. The Morgan fingerprint density at radius 3 is 2.29 bits per heavy atom. The van der Waals surface area contributed by atoms with Crippen molar-refractivity contribution >= 4 is 23.4 Å². The number of hydrogen-bond acceptors (Lipinski definition) is 6. The van der Waals surface area contributed by atoms with Gasteiger partial charge in [-0.25, -0.2) is 4.79 Å². The van der Waals surface area contributed by atoms with Gasteiger partial charge in [0.15, 0.2) is 11.5 Å². The maximum Gasteiger partial charge on any atom is 0.430 e. The number of carbonyl (C=O) groups excluding carboxylic acids is 1. The van der Waals surface area contributed by atoms with Crippen LogP contribution in [0.25, 0.3) is 0 Å². The topological polar surface area (TPSA) is 69.6 Å². The number of rotatable bonds is 5. The van der Waals surface area contributed by atoms with E-state index in [-0.39, 0.29) is 0 Å². The molecule has 1 aliphatic heterocycles. The second-order valence-electron chi connectivity index (χ2n) is 6.05. The fourth-order valence-corrected chi connectivity index (χ4v) is 3.36. The highest BCUT2D eigenvalue weighted by molar-refractivity contribution is 6.31. The van der Waals surface area contributed by atoms with Crippen molar-refractivity contribution in [2.45, 2.75) is 12.5 Å². The third-order valence-corrected chi connectivity index (χ3v) is 4.74. The van der Waals surface area contributed by atoms with Crippen LogP contribution in [0.3, 0.4) is 0 Å². The molecule has 1 aliphatic rings. The second-order valence-corrected chi connectivity index (χ2v) is 6.49. The van der Waals surface area contributed by atoms with Crippen molar-refractivity contribution in [2.75, 3.05) is 28.4 Å². The lowest BCUT2D eigenvalue weighted by Crippen LogP contribution is -2.26. The zero-order chi connectivity index (χ0) is 20.3. The number of methoxy groups -OCH3 is 4. The molecule has 2 aromatic rings. The molecule has 1 unspecified atom stereocenters. The quantitative estimate of drug-likeness (QED) is 0.743. The van der Waals surface area contributed by atoms with Gasteiger partial charge in [-0.15, -0.1) is 0 Å². The van der Waals surface area contributed by atoms with Crippen LogP contribution in [0.15, 0.2) is 41.5 Å². The molecule has 0 aromatic heterocycles. The molecule has 1 heterocycles. The van der Waals surface area contributed by atoms with E-state index in [1.807, 2.05) is 18.2 Å². The summed E-state index contributed by atoms with van der Waals surface area (Å²) in [6, 6.07) is 10.6. The highest BCUT2D eigenvalue weighted by atomic mass is 35.5. The summed E-state index contributed by atoms with van der Waals surface area (Å²) in [5, 5.41) is 6.40. The Kier molecular flexibility index (Phi) is 5.94. The molecule has 2 aromatic carbocycles. The Morgan fingerprint density at radius 2 is 1.75 bits per heavy atom. The van der Waals surface area contributed by atoms with Gasteiger partial charge in [-0.3, -0.25) is 0 Å². The largest absolute Gasteiger partial charge is 0.493 e. The minimum Gasteiger partial charge on any atom is -0.493 e. The fourth-order valence-electron chi connectivity index (χ4n) is 3.17. The van der Waals surface area contributed by atoms with Crippen LogP contribution in [0.5, 0.6) is 17.2 Å². The Morgan fingerprint density at radius 1 is 1.07 bits per heavy atom. The van der Waals surface area contributed by atoms with Gasteiger partial charge in [0, 0.05) is 11.4 Å². The summed E-state index contributed by atoms with van der Waals surface area (Å²) in [7, 11) is 5.95. The van der Waals surface area contributed by atoms with Crippen LogP contribution in [-0.2, 0) is 4.74 Å². The number of benzene rings is 2. The molecule has 0 radical (unpaired) electrons. The number of amides is 1. The van der Waals surface area contributed by atoms with Crippen LogP contribution < -0.4 is 14.2 Å². The molecule has 7 nitrogen and oxygen atoms in total. The van der Waals surface area contributed by atoms with Crippen LogP contribution in [-0.4, -0.2) is 45.3 Å². The van der Waals surface area contributed by atoms with Crippen molar-refractivity contribution in [1.82, 2.24) is 5.01 Å². The number of ether oxygens (including phenoxy) is 4. The van der Waals surface area contributed by atoms with Crippen molar-refractivity contribution in [3.05, 3.63) is 52.5 Å². The van der Waals surface area contributed by atoms with Gasteiger partial charge in [0.05, 0.1) is 40.2 Å². The molecule has 148 valence electrons. The van der Waals surface area contributed by atoms with E-state index in [1.54, 1.807) is 32.4 Å². The van der Waals surface area contributed by atoms with Gasteiger partial charge in [-0.05, 0) is 35.4 Å². The maximum atomic E-state index is 12.4. The monoisotopic (exact) mass is 404 g/mol. The predicted octanol–water partition coefficient (Wildman–Crippen LogP) is 4.28. The van der Waals surface area contributed by atoms with Crippen LogP contribution in [0, 0.1) is 0 Å². The van der Waals surface area contributed by atoms with E-state index in [1.165, 1.54) is 19.2 Å². The molecule has 1 amide bonds. The summed E-state index contributed by atoms with van der Waals surface area (Å²) in [4.78, 5) is 12.4. The van der Waals surface area contributed by atoms with E-state index in [0.717, 1.165) is 16.8 Å². The third kappa shape index (κ3) is 3.71. The van der Waals surface area contributed by atoms with Crippen molar-refractivity contribution in [2.24, 2.45) is 5.10 Å². The van der Waals surface area contributed by atoms with E-state index < -0.39 is 12.1 Å². The zero-order valence-electron chi connectivity index (χ0n) is 16.1. The Labute approximate surface area is 168 Å². The first-order chi connectivity index (χ1) is 13.5. The summed E-state index contributed by atoms with van der Waals surface area (Å²) >= 11 is 6.11. The van der Waals surface area contributed by atoms with Gasteiger partial charge in [0.25, 0.3) is 0 Å². The van der Waals surface area contributed by atoms with Crippen LogP contribution in [0.4, 0.5) is 4.79 Å². The van der Waals surface area contributed by atoms with Gasteiger partial charge in [0.2, 0.25) is 5.75 Å². The average molecular weight is 405 g/mol. The van der Waals surface area contributed by atoms with E-state index in [9.17, 15) is 4.79 Å². The fraction of sp³-hybridized carbons (Fsp3) is 0.300. The van der Waals surface area contributed by atoms with Crippen molar-refractivity contribution < 1.29 is 23.7 Å². The molecular weight excluding hydrogens is 384 g/mol. The summed E-state index contributed by atoms with van der Waals surface area (Å²) in [6.07, 6.45) is -0.0792. The first-order valence-electron chi connectivity index (χ1n) is 8.52. The molecule has 0 fully saturated rings. The van der Waals surface area contributed by atoms with Gasteiger partial charge < -0.3 is 18.9 Å². The molecule has 0 N–H and O–H groups in total. The Bertz CT molecular complexity index is 890. The molecule has 8 heteroatoms. The second kappa shape index (κ2) is 8.39. The predicted molar refractivity (Wildman–Crippen MR) is 106 cm³/mol. The molecule has 0 saturated carbocycles. The Hall–Kier alpha value is -2.93. The standard InChI is InChI=1S/C20H21ClN2O5/c1-25-17-9-13(10-18(26-2)19(17)27-3)16-11-15(22-23(16)20(24)28-4)12-6-5-7-14(21)8-12/h5-10,16H,11H2,1-4H3. The maximum absolute atomic E-state index is 12.4. The summed E-state index contributed by atoms with van der Waals surface area (Å²) in [5.74, 6) is 1.48. The first kappa shape index (κ1) is 19.8. The molecule has 0 saturated heterocycles. The normalized spacial score (nSPS) is 15.8. The summed E-state index contributed by atoms with van der Waals surface area (Å²) in [5.41, 5.74) is 2.35. The molecule has 3 rings (SSSR count). The van der Waals surface area contributed by atoms with Crippen LogP contribution in [0.2, 0.25) is 5.02 Å².